The van der Waals surface area contributed by atoms with Crippen LogP contribution in [-0.4, -0.2) is 33.5 Å². The van der Waals surface area contributed by atoms with Gasteiger partial charge in [0.1, 0.15) is 0 Å². The highest BCUT2D eigenvalue weighted by Gasteiger charge is 2.68. The van der Waals surface area contributed by atoms with Crippen molar-refractivity contribution in [3.63, 3.8) is 0 Å². The van der Waals surface area contributed by atoms with Crippen LogP contribution in [0.3, 0.4) is 0 Å². The fraction of sp³-hybridized carbons (Fsp3) is 0.950. The monoisotopic (exact) mass is 336 g/mol. The molecule has 4 heteroatoms. The third kappa shape index (κ3) is 1.90. The Hall–Kier alpha value is -0.610. The summed E-state index contributed by atoms with van der Waals surface area (Å²) in [6.07, 6.45) is 8.73. The quantitative estimate of drug-likeness (QED) is 0.723. The van der Waals surface area contributed by atoms with Gasteiger partial charge in [-0.1, -0.05) is 13.3 Å². The molecule has 4 nitrogen and oxygen atoms in total. The second-order valence-electron chi connectivity index (χ2n) is 10.0. The van der Waals surface area contributed by atoms with E-state index in [0.29, 0.717) is 5.92 Å². The van der Waals surface area contributed by atoms with E-state index in [0.717, 1.165) is 57.8 Å². The van der Waals surface area contributed by atoms with Gasteiger partial charge in [0.15, 0.2) is 0 Å². The summed E-state index contributed by atoms with van der Waals surface area (Å²) in [5.74, 6) is 0.348. The number of hydrogen-bond donors (Lipinski definition) is 3. The molecular weight excluding hydrogens is 304 g/mol. The van der Waals surface area contributed by atoms with Crippen LogP contribution >= 0.6 is 0 Å². The van der Waals surface area contributed by atoms with Crippen LogP contribution in [0.1, 0.15) is 71.6 Å². The maximum Gasteiger partial charge on any atom is 0.309 e. The average molecular weight is 336 g/mol. The zero-order valence-corrected chi connectivity index (χ0v) is 15.1. The standard InChI is InChI=1S/C20H32O4/c1-17-7-3-8-18(2,16(22)23)14(17)6-9-19-10-13(4-5-15(17)19)20(24,11-19)12-21/h13-15,21,24H,3-12H2,1-2H3,(H,22,23)/t13-,14+,15+,17+,18-,19+,20+/m0/s1. The number of hydrogen-bond acceptors (Lipinski definition) is 3. The first-order valence-corrected chi connectivity index (χ1v) is 9.77. The molecule has 4 aliphatic carbocycles. The summed E-state index contributed by atoms with van der Waals surface area (Å²) < 4.78 is 0. The number of aliphatic hydroxyl groups excluding tert-OH is 1. The zero-order valence-electron chi connectivity index (χ0n) is 15.1. The van der Waals surface area contributed by atoms with Gasteiger partial charge in [-0.2, -0.15) is 0 Å². The van der Waals surface area contributed by atoms with Crippen LogP contribution < -0.4 is 0 Å². The molecule has 4 fully saturated rings. The van der Waals surface area contributed by atoms with E-state index >= 15 is 0 Å². The molecule has 0 aromatic heterocycles. The van der Waals surface area contributed by atoms with Crippen molar-refractivity contribution in [3.05, 3.63) is 0 Å². The molecule has 4 aliphatic rings. The summed E-state index contributed by atoms with van der Waals surface area (Å²) in [5, 5.41) is 30.6. The molecule has 0 heterocycles. The fourth-order valence-electron chi connectivity index (χ4n) is 8.06. The highest BCUT2D eigenvalue weighted by atomic mass is 16.4. The predicted octanol–water partition coefficient (Wildman–Crippen LogP) is 3.21. The van der Waals surface area contributed by atoms with Crippen molar-refractivity contribution in [2.75, 3.05) is 6.61 Å². The Kier molecular flexibility index (Phi) is 3.49. The maximum atomic E-state index is 12.1. The Balaban J connectivity index is 1.73. The first-order valence-electron chi connectivity index (χ1n) is 9.77. The van der Waals surface area contributed by atoms with Gasteiger partial charge in [0.05, 0.1) is 17.6 Å². The molecule has 24 heavy (non-hydrogen) atoms. The van der Waals surface area contributed by atoms with E-state index in [1.807, 2.05) is 6.92 Å². The Morgan fingerprint density at radius 1 is 1.08 bits per heavy atom. The first kappa shape index (κ1) is 16.8. The molecule has 7 atom stereocenters. The first-order chi connectivity index (χ1) is 11.2. The Labute approximate surface area is 144 Å². The molecule has 136 valence electrons. The number of rotatable bonds is 2. The van der Waals surface area contributed by atoms with Gasteiger partial charge in [-0.05, 0) is 86.9 Å². The summed E-state index contributed by atoms with van der Waals surface area (Å²) in [6, 6.07) is 0. The van der Waals surface area contributed by atoms with Crippen molar-refractivity contribution >= 4 is 5.97 Å². The average Bonchev–Trinajstić information content (AvgIpc) is 2.73. The van der Waals surface area contributed by atoms with E-state index in [1.165, 1.54) is 0 Å². The number of carbonyl (C=O) groups is 1. The lowest BCUT2D eigenvalue weighted by molar-refractivity contribution is -0.181. The third-order valence-electron chi connectivity index (χ3n) is 9.08. The van der Waals surface area contributed by atoms with E-state index in [9.17, 15) is 20.1 Å². The molecular formula is C20H32O4. The molecule has 0 saturated heterocycles. The second-order valence-corrected chi connectivity index (χ2v) is 10.0. The van der Waals surface area contributed by atoms with E-state index in [1.54, 1.807) is 0 Å². The van der Waals surface area contributed by atoms with Gasteiger partial charge in [0.25, 0.3) is 0 Å². The summed E-state index contributed by atoms with van der Waals surface area (Å²) in [4.78, 5) is 12.1. The lowest BCUT2D eigenvalue weighted by atomic mass is 9.41. The summed E-state index contributed by atoms with van der Waals surface area (Å²) in [5.41, 5.74) is -1.31. The minimum absolute atomic E-state index is 0.0648. The lowest BCUT2D eigenvalue weighted by Gasteiger charge is -2.63. The molecule has 0 aromatic carbocycles. The SMILES string of the molecule is C[C@@]12CCC[C@](C)(C(=O)O)[C@@H]1CC[C@]13C[C@H](CC[C@@H]12)[C@](O)(CO)C3. The minimum Gasteiger partial charge on any atom is -0.481 e. The predicted molar refractivity (Wildman–Crippen MR) is 90.3 cm³/mol. The third-order valence-corrected chi connectivity index (χ3v) is 9.08. The van der Waals surface area contributed by atoms with Gasteiger partial charge in [-0.3, -0.25) is 4.79 Å². The van der Waals surface area contributed by atoms with Crippen molar-refractivity contribution in [3.8, 4) is 0 Å². The van der Waals surface area contributed by atoms with E-state index in [-0.39, 0.29) is 29.3 Å². The van der Waals surface area contributed by atoms with Crippen LogP contribution in [0, 0.1) is 34.0 Å². The highest BCUT2D eigenvalue weighted by Crippen LogP contribution is 2.72. The van der Waals surface area contributed by atoms with E-state index in [2.05, 4.69) is 6.92 Å². The largest absolute Gasteiger partial charge is 0.481 e. The number of carboxylic acid groups (broad SMARTS) is 1. The maximum absolute atomic E-state index is 12.1. The lowest BCUT2D eigenvalue weighted by Crippen LogP contribution is -2.58. The van der Waals surface area contributed by atoms with Crippen molar-refractivity contribution in [1.82, 2.24) is 0 Å². The Morgan fingerprint density at radius 2 is 1.83 bits per heavy atom. The van der Waals surface area contributed by atoms with Crippen LogP contribution in [0.2, 0.25) is 0 Å². The van der Waals surface area contributed by atoms with E-state index in [4.69, 9.17) is 0 Å². The number of aliphatic carboxylic acids is 1. The van der Waals surface area contributed by atoms with Crippen molar-refractivity contribution < 1.29 is 20.1 Å². The molecule has 0 aromatic rings. The van der Waals surface area contributed by atoms with E-state index < -0.39 is 17.0 Å². The summed E-state index contributed by atoms with van der Waals surface area (Å²) in [6.45, 7) is 4.19. The number of carboxylic acids is 1. The van der Waals surface area contributed by atoms with Crippen molar-refractivity contribution in [1.29, 1.82) is 0 Å². The van der Waals surface area contributed by atoms with Crippen LogP contribution in [0.25, 0.3) is 0 Å². The molecule has 0 unspecified atom stereocenters. The number of aliphatic hydroxyl groups is 2. The summed E-state index contributed by atoms with van der Waals surface area (Å²) in [7, 11) is 0. The van der Waals surface area contributed by atoms with Gasteiger partial charge in [-0.25, -0.2) is 0 Å². The Bertz CT molecular complexity index is 562. The second kappa shape index (κ2) is 4.97. The van der Waals surface area contributed by atoms with Crippen LogP contribution in [0.4, 0.5) is 0 Å². The van der Waals surface area contributed by atoms with Crippen molar-refractivity contribution in [2.45, 2.75) is 77.2 Å². The summed E-state index contributed by atoms with van der Waals surface area (Å²) >= 11 is 0. The molecule has 0 radical (unpaired) electrons. The molecule has 0 amide bonds. The van der Waals surface area contributed by atoms with Gasteiger partial charge in [-0.15, -0.1) is 0 Å². The molecule has 0 aliphatic heterocycles. The normalized spacial score (nSPS) is 56.4. The van der Waals surface area contributed by atoms with Crippen LogP contribution in [0.15, 0.2) is 0 Å². The highest BCUT2D eigenvalue weighted by molar-refractivity contribution is 5.75. The Morgan fingerprint density at radius 3 is 2.50 bits per heavy atom. The topological polar surface area (TPSA) is 77.8 Å². The number of fused-ring (bicyclic) bond motifs is 3. The van der Waals surface area contributed by atoms with Gasteiger partial charge >= 0.3 is 5.97 Å². The van der Waals surface area contributed by atoms with Crippen LogP contribution in [-0.2, 0) is 4.79 Å². The fourth-order valence-corrected chi connectivity index (χ4v) is 8.06. The minimum atomic E-state index is -0.900. The molecule has 3 N–H and O–H groups in total. The smallest absolute Gasteiger partial charge is 0.309 e. The van der Waals surface area contributed by atoms with Crippen LogP contribution in [0.5, 0.6) is 0 Å². The zero-order chi connectivity index (χ0) is 17.4. The van der Waals surface area contributed by atoms with Gasteiger partial charge < -0.3 is 15.3 Å². The molecule has 1 spiro atoms. The molecule has 4 rings (SSSR count). The molecule has 2 bridgehead atoms. The van der Waals surface area contributed by atoms with Crippen molar-refractivity contribution in [2.24, 2.45) is 34.0 Å². The molecule has 4 saturated carbocycles. The van der Waals surface area contributed by atoms with Gasteiger partial charge in [0.2, 0.25) is 0 Å². The van der Waals surface area contributed by atoms with Gasteiger partial charge in [0, 0.05) is 0 Å².